The van der Waals surface area contributed by atoms with Crippen LogP contribution in [0.5, 0.6) is 0 Å². The van der Waals surface area contributed by atoms with E-state index in [4.69, 9.17) is 27.9 Å². The summed E-state index contributed by atoms with van der Waals surface area (Å²) >= 11 is 12.1. The van der Waals surface area contributed by atoms with Crippen LogP contribution in [0.1, 0.15) is 17.2 Å². The van der Waals surface area contributed by atoms with Crippen LogP contribution in [0.15, 0.2) is 48.5 Å². The number of ether oxygens (including phenoxy) is 1. The minimum atomic E-state index is -0.749. The lowest BCUT2D eigenvalue weighted by atomic mass is 10.1. The zero-order chi connectivity index (χ0) is 18.2. The summed E-state index contributed by atoms with van der Waals surface area (Å²) in [5, 5.41) is 6.14. The maximum atomic E-state index is 11.9. The molecule has 0 heterocycles. The van der Waals surface area contributed by atoms with Gasteiger partial charge < -0.3 is 15.4 Å². The van der Waals surface area contributed by atoms with Crippen molar-refractivity contribution in [2.24, 2.45) is 0 Å². The van der Waals surface area contributed by atoms with E-state index in [9.17, 15) is 9.59 Å². The van der Waals surface area contributed by atoms with Gasteiger partial charge in [-0.3, -0.25) is 9.59 Å². The molecular weight excluding hydrogens is 363 g/mol. The van der Waals surface area contributed by atoms with Crippen molar-refractivity contribution in [3.63, 3.8) is 0 Å². The Morgan fingerprint density at radius 2 is 1.56 bits per heavy atom. The summed E-state index contributed by atoms with van der Waals surface area (Å²) in [6.45, 7) is 0.294. The largest absolute Gasteiger partial charge is 0.375 e. The summed E-state index contributed by atoms with van der Waals surface area (Å²) in [5.74, 6) is -1.49. The Hall–Kier alpha value is -2.08. The number of amides is 2. The molecule has 0 aromatic heterocycles. The summed E-state index contributed by atoms with van der Waals surface area (Å²) in [7, 11) is 1.51. The summed E-state index contributed by atoms with van der Waals surface area (Å²) in [5.41, 5.74) is 1.47. The number of hydrogen-bond acceptors (Lipinski definition) is 3. The number of hydrogen-bond donors (Lipinski definition) is 2. The average molecular weight is 381 g/mol. The second-order valence-electron chi connectivity index (χ2n) is 5.23. The smallest absolute Gasteiger partial charge is 0.309 e. The number of methoxy groups -OCH3 is 1. The van der Waals surface area contributed by atoms with Crippen LogP contribution in [0.3, 0.4) is 0 Å². The van der Waals surface area contributed by atoms with Gasteiger partial charge in [-0.15, -0.1) is 0 Å². The van der Waals surface area contributed by atoms with Crippen molar-refractivity contribution in [3.05, 3.63) is 69.7 Å². The van der Waals surface area contributed by atoms with Gasteiger partial charge in [0.1, 0.15) is 6.10 Å². The Labute approximate surface area is 156 Å². The van der Waals surface area contributed by atoms with Gasteiger partial charge in [0.25, 0.3) is 0 Å². The summed E-state index contributed by atoms with van der Waals surface area (Å²) in [6.07, 6.45) is -0.450. The van der Waals surface area contributed by atoms with Crippen LogP contribution in [-0.4, -0.2) is 25.5 Å². The molecule has 132 valence electrons. The van der Waals surface area contributed by atoms with Crippen molar-refractivity contribution in [2.75, 3.05) is 13.7 Å². The first-order valence-corrected chi connectivity index (χ1v) is 8.35. The molecule has 2 aromatic rings. The second-order valence-corrected chi connectivity index (χ2v) is 6.04. The SMILES string of the molecule is COC(CNC(=O)C(=O)NCc1ccccc1Cl)c1ccccc1Cl. The van der Waals surface area contributed by atoms with E-state index in [1.165, 1.54) is 7.11 Å². The highest BCUT2D eigenvalue weighted by Crippen LogP contribution is 2.24. The number of benzene rings is 2. The summed E-state index contributed by atoms with van der Waals surface area (Å²) in [6, 6.07) is 14.3. The second kappa shape index (κ2) is 9.42. The molecule has 1 unspecified atom stereocenters. The predicted molar refractivity (Wildman–Crippen MR) is 97.5 cm³/mol. The molecule has 25 heavy (non-hydrogen) atoms. The number of nitrogens with one attached hydrogen (secondary N) is 2. The van der Waals surface area contributed by atoms with Gasteiger partial charge in [-0.1, -0.05) is 59.6 Å². The highest BCUT2D eigenvalue weighted by atomic mass is 35.5. The van der Waals surface area contributed by atoms with E-state index in [1.807, 2.05) is 6.07 Å². The number of carbonyl (C=O) groups is 2. The van der Waals surface area contributed by atoms with Crippen molar-refractivity contribution in [3.8, 4) is 0 Å². The zero-order valence-corrected chi connectivity index (χ0v) is 15.1. The number of carbonyl (C=O) groups excluding carboxylic acids is 2. The van der Waals surface area contributed by atoms with Crippen molar-refractivity contribution in [1.82, 2.24) is 10.6 Å². The molecule has 1 atom stereocenters. The van der Waals surface area contributed by atoms with Gasteiger partial charge in [0, 0.05) is 35.8 Å². The lowest BCUT2D eigenvalue weighted by molar-refractivity contribution is -0.139. The molecule has 0 fully saturated rings. The van der Waals surface area contributed by atoms with Crippen LogP contribution < -0.4 is 10.6 Å². The fraction of sp³-hybridized carbons (Fsp3) is 0.222. The fourth-order valence-electron chi connectivity index (χ4n) is 2.22. The van der Waals surface area contributed by atoms with Crippen molar-refractivity contribution in [1.29, 1.82) is 0 Å². The highest BCUT2D eigenvalue weighted by Gasteiger charge is 2.18. The molecule has 0 saturated heterocycles. The molecule has 5 nitrogen and oxygen atoms in total. The molecule has 2 rings (SSSR count). The van der Waals surface area contributed by atoms with Crippen molar-refractivity contribution < 1.29 is 14.3 Å². The third-order valence-electron chi connectivity index (χ3n) is 3.59. The van der Waals surface area contributed by atoms with E-state index >= 15 is 0 Å². The maximum Gasteiger partial charge on any atom is 0.309 e. The van der Waals surface area contributed by atoms with Crippen molar-refractivity contribution >= 4 is 35.0 Å². The quantitative estimate of drug-likeness (QED) is 0.756. The Morgan fingerprint density at radius 1 is 0.960 bits per heavy atom. The molecule has 0 aliphatic rings. The lowest BCUT2D eigenvalue weighted by Gasteiger charge is -2.17. The molecular formula is C18H18Cl2N2O3. The maximum absolute atomic E-state index is 11.9. The van der Waals surface area contributed by atoms with E-state index in [0.717, 1.165) is 11.1 Å². The fourth-order valence-corrected chi connectivity index (χ4v) is 2.68. The van der Waals surface area contributed by atoms with Crippen LogP contribution in [0.2, 0.25) is 10.0 Å². The summed E-state index contributed by atoms with van der Waals surface area (Å²) in [4.78, 5) is 23.8. The summed E-state index contributed by atoms with van der Waals surface area (Å²) < 4.78 is 5.34. The molecule has 2 N–H and O–H groups in total. The molecule has 0 aliphatic carbocycles. The van der Waals surface area contributed by atoms with Gasteiger partial charge in [0.05, 0.1) is 0 Å². The van der Waals surface area contributed by atoms with E-state index in [0.29, 0.717) is 10.0 Å². The van der Waals surface area contributed by atoms with Crippen LogP contribution in [0.4, 0.5) is 0 Å². The Bertz CT molecular complexity index is 753. The van der Waals surface area contributed by atoms with E-state index in [-0.39, 0.29) is 13.1 Å². The minimum absolute atomic E-state index is 0.124. The van der Waals surface area contributed by atoms with E-state index < -0.39 is 17.9 Å². The Kier molecular flexibility index (Phi) is 7.25. The molecule has 0 aliphatic heterocycles. The lowest BCUT2D eigenvalue weighted by Crippen LogP contribution is -2.41. The molecule has 7 heteroatoms. The van der Waals surface area contributed by atoms with Gasteiger partial charge in [0.15, 0.2) is 0 Å². The van der Waals surface area contributed by atoms with Crippen LogP contribution in [0.25, 0.3) is 0 Å². The normalized spacial score (nSPS) is 11.6. The molecule has 0 bridgehead atoms. The van der Waals surface area contributed by atoms with Gasteiger partial charge in [-0.2, -0.15) is 0 Å². The van der Waals surface area contributed by atoms with Gasteiger partial charge in [-0.05, 0) is 17.7 Å². The van der Waals surface area contributed by atoms with Crippen LogP contribution in [0, 0.1) is 0 Å². The molecule has 0 saturated carbocycles. The van der Waals surface area contributed by atoms with Gasteiger partial charge in [0.2, 0.25) is 0 Å². The molecule has 0 spiro atoms. The minimum Gasteiger partial charge on any atom is -0.375 e. The molecule has 0 radical (unpaired) electrons. The first-order chi connectivity index (χ1) is 12.0. The van der Waals surface area contributed by atoms with Crippen LogP contribution >= 0.6 is 23.2 Å². The Balaban J connectivity index is 1.87. The van der Waals surface area contributed by atoms with Crippen LogP contribution in [-0.2, 0) is 20.9 Å². The number of rotatable bonds is 6. The molecule has 2 aromatic carbocycles. The van der Waals surface area contributed by atoms with Gasteiger partial charge >= 0.3 is 11.8 Å². The first-order valence-electron chi connectivity index (χ1n) is 7.59. The topological polar surface area (TPSA) is 67.4 Å². The predicted octanol–water partition coefficient (Wildman–Crippen LogP) is 3.11. The van der Waals surface area contributed by atoms with Crippen molar-refractivity contribution in [2.45, 2.75) is 12.6 Å². The third kappa shape index (κ3) is 5.46. The van der Waals surface area contributed by atoms with E-state index in [2.05, 4.69) is 10.6 Å². The Morgan fingerprint density at radius 3 is 2.20 bits per heavy atom. The monoisotopic (exact) mass is 380 g/mol. The zero-order valence-electron chi connectivity index (χ0n) is 13.6. The van der Waals surface area contributed by atoms with E-state index in [1.54, 1.807) is 42.5 Å². The van der Waals surface area contributed by atoms with Gasteiger partial charge in [-0.25, -0.2) is 0 Å². The highest BCUT2D eigenvalue weighted by molar-refractivity contribution is 6.35. The standard InChI is InChI=1S/C18H18Cl2N2O3/c1-25-16(13-7-3-5-9-15(13)20)11-22-18(24)17(23)21-10-12-6-2-4-8-14(12)19/h2-9,16H,10-11H2,1H3,(H,21,23)(H,22,24). The third-order valence-corrected chi connectivity index (χ3v) is 4.30. The average Bonchev–Trinajstić information content (AvgIpc) is 2.62. The first kappa shape index (κ1) is 19.2. The molecule has 2 amide bonds. The number of halogens is 2.